The summed E-state index contributed by atoms with van der Waals surface area (Å²) >= 11 is 5.98. The van der Waals surface area contributed by atoms with Crippen LogP contribution in [0.5, 0.6) is 0 Å². The largest absolute Gasteiger partial charge is 0.480 e. The summed E-state index contributed by atoms with van der Waals surface area (Å²) in [6, 6.07) is 20.8. The fraction of sp³-hybridized carbons (Fsp3) is 0.156. The number of halogens is 1. The zero-order valence-corrected chi connectivity index (χ0v) is 25.6. The van der Waals surface area contributed by atoms with E-state index < -0.39 is 28.1 Å². The van der Waals surface area contributed by atoms with Crippen molar-refractivity contribution in [2.75, 3.05) is 10.6 Å². The SMILES string of the molecule is Cc1cc(C)c(S(=O)(=O)N[C@@H](Cc2ccc(-c3cccc(NC(=O)Nc4nc5cc(Cl)ccc5o4)c3)cc2)C(=O)O)c(C)c1. The van der Waals surface area contributed by atoms with E-state index in [9.17, 15) is 23.1 Å². The molecule has 0 aliphatic rings. The van der Waals surface area contributed by atoms with Crippen molar-refractivity contribution in [1.29, 1.82) is 0 Å². The number of rotatable bonds is 9. The number of carbonyl (C=O) groups excluding carboxylic acids is 1. The minimum Gasteiger partial charge on any atom is -0.480 e. The molecule has 4 N–H and O–H groups in total. The van der Waals surface area contributed by atoms with Crippen molar-refractivity contribution in [3.05, 3.63) is 106 Å². The van der Waals surface area contributed by atoms with Gasteiger partial charge < -0.3 is 14.8 Å². The molecule has 0 unspecified atom stereocenters. The highest BCUT2D eigenvalue weighted by molar-refractivity contribution is 7.89. The lowest BCUT2D eigenvalue weighted by Crippen LogP contribution is -2.42. The summed E-state index contributed by atoms with van der Waals surface area (Å²) in [6.07, 6.45) is -0.0530. The number of hydrogen-bond donors (Lipinski definition) is 4. The van der Waals surface area contributed by atoms with Crippen molar-refractivity contribution < 1.29 is 27.5 Å². The molecule has 226 valence electrons. The number of fused-ring (bicyclic) bond motifs is 1. The first-order valence-corrected chi connectivity index (χ1v) is 15.4. The van der Waals surface area contributed by atoms with Gasteiger partial charge in [0.2, 0.25) is 10.0 Å². The lowest BCUT2D eigenvalue weighted by Gasteiger charge is -2.18. The average Bonchev–Trinajstić information content (AvgIpc) is 3.33. The molecule has 2 amide bonds. The zero-order chi connectivity index (χ0) is 31.6. The molecule has 1 heterocycles. The molecule has 0 aliphatic carbocycles. The van der Waals surface area contributed by atoms with Crippen LogP contribution in [0.1, 0.15) is 22.3 Å². The molecule has 5 aromatic rings. The first kappa shape index (κ1) is 30.7. The molecule has 10 nitrogen and oxygen atoms in total. The molecular formula is C32H29ClN4O6S. The summed E-state index contributed by atoms with van der Waals surface area (Å²) in [5.74, 6) is -1.28. The van der Waals surface area contributed by atoms with Gasteiger partial charge in [0, 0.05) is 10.7 Å². The van der Waals surface area contributed by atoms with Gasteiger partial charge in [-0.3, -0.25) is 10.1 Å². The van der Waals surface area contributed by atoms with Gasteiger partial charge in [0.25, 0.3) is 0 Å². The first-order valence-electron chi connectivity index (χ1n) is 13.5. The van der Waals surface area contributed by atoms with Gasteiger partial charge in [-0.25, -0.2) is 13.2 Å². The van der Waals surface area contributed by atoms with Gasteiger partial charge in [0.1, 0.15) is 11.6 Å². The number of aliphatic carboxylic acids is 1. The van der Waals surface area contributed by atoms with Gasteiger partial charge in [-0.15, -0.1) is 0 Å². The van der Waals surface area contributed by atoms with E-state index in [-0.39, 0.29) is 17.3 Å². The second-order valence-corrected chi connectivity index (χ2v) is 12.5. The molecule has 12 heteroatoms. The number of carbonyl (C=O) groups is 2. The van der Waals surface area contributed by atoms with Crippen molar-refractivity contribution in [2.45, 2.75) is 38.1 Å². The second kappa shape index (κ2) is 12.5. The molecule has 5 rings (SSSR count). The lowest BCUT2D eigenvalue weighted by molar-refractivity contribution is -0.138. The van der Waals surface area contributed by atoms with Crippen LogP contribution in [0.4, 0.5) is 16.5 Å². The topological polar surface area (TPSA) is 151 Å². The number of urea groups is 1. The Balaban J connectivity index is 1.25. The molecule has 0 bridgehead atoms. The van der Waals surface area contributed by atoms with Crippen molar-refractivity contribution >= 4 is 56.4 Å². The van der Waals surface area contributed by atoms with Gasteiger partial charge in [-0.1, -0.05) is 65.7 Å². The van der Waals surface area contributed by atoms with E-state index in [1.54, 1.807) is 86.6 Å². The predicted octanol–water partition coefficient (Wildman–Crippen LogP) is 6.69. The van der Waals surface area contributed by atoms with Crippen LogP contribution >= 0.6 is 11.6 Å². The number of carboxylic acids is 1. The number of nitrogens with zero attached hydrogens (tertiary/aromatic N) is 1. The molecule has 0 saturated heterocycles. The van der Waals surface area contributed by atoms with Gasteiger partial charge in [0.05, 0.1) is 4.90 Å². The van der Waals surface area contributed by atoms with Crippen molar-refractivity contribution in [3.63, 3.8) is 0 Å². The maximum atomic E-state index is 13.2. The highest BCUT2D eigenvalue weighted by Crippen LogP contribution is 2.26. The van der Waals surface area contributed by atoms with Crippen LogP contribution in [0.15, 0.2) is 88.2 Å². The van der Waals surface area contributed by atoms with Crippen LogP contribution in [0, 0.1) is 20.8 Å². The number of amides is 2. The molecule has 44 heavy (non-hydrogen) atoms. The third kappa shape index (κ3) is 7.08. The number of aryl methyl sites for hydroxylation is 3. The summed E-state index contributed by atoms with van der Waals surface area (Å²) < 4.78 is 34.2. The van der Waals surface area contributed by atoms with Crippen LogP contribution in [0.25, 0.3) is 22.2 Å². The molecular weight excluding hydrogens is 604 g/mol. The van der Waals surface area contributed by atoms with Gasteiger partial charge in [-0.05, 0) is 85.3 Å². The fourth-order valence-electron chi connectivity index (χ4n) is 5.08. The Morgan fingerprint density at radius 1 is 0.909 bits per heavy atom. The van der Waals surface area contributed by atoms with E-state index in [0.717, 1.165) is 16.7 Å². The second-order valence-electron chi connectivity index (χ2n) is 10.4. The van der Waals surface area contributed by atoms with E-state index >= 15 is 0 Å². The number of oxazole rings is 1. The molecule has 0 saturated carbocycles. The standard InChI is InChI=1S/C32H29ClN4O6S/c1-18-13-19(2)29(20(3)14-18)44(41,42)37-27(30(38)39)15-21-7-9-22(10-8-21)23-5-4-6-25(16-23)34-31(40)36-32-35-26-17-24(33)11-12-28(26)43-32/h4-14,16-17,27,37H,15H2,1-3H3,(H,38,39)(H2,34,35,36,40)/t27-/m0/s1. The summed E-state index contributed by atoms with van der Waals surface area (Å²) in [7, 11) is -4.08. The van der Waals surface area contributed by atoms with Crippen LogP contribution in [0.3, 0.4) is 0 Å². The van der Waals surface area contributed by atoms with Crippen molar-refractivity contribution in [2.24, 2.45) is 0 Å². The minimum atomic E-state index is -4.08. The maximum absolute atomic E-state index is 13.2. The Morgan fingerprint density at radius 3 is 2.30 bits per heavy atom. The number of hydrogen-bond acceptors (Lipinski definition) is 6. The molecule has 1 aromatic heterocycles. The molecule has 0 radical (unpaired) electrons. The van der Waals surface area contributed by atoms with Crippen LogP contribution in [0.2, 0.25) is 5.02 Å². The number of aromatic nitrogens is 1. The molecule has 4 aromatic carbocycles. The van der Waals surface area contributed by atoms with E-state index in [2.05, 4.69) is 20.3 Å². The third-order valence-corrected chi connectivity index (χ3v) is 8.90. The number of carboxylic acid groups (broad SMARTS) is 1. The zero-order valence-electron chi connectivity index (χ0n) is 24.0. The van der Waals surface area contributed by atoms with E-state index in [1.165, 1.54) is 0 Å². The minimum absolute atomic E-state index is 0.0256. The summed E-state index contributed by atoms with van der Waals surface area (Å²) in [5.41, 5.74) is 5.78. The summed E-state index contributed by atoms with van der Waals surface area (Å²) in [4.78, 5) is 28.9. The van der Waals surface area contributed by atoms with E-state index in [4.69, 9.17) is 16.0 Å². The van der Waals surface area contributed by atoms with Gasteiger partial charge in [-0.2, -0.15) is 9.71 Å². The summed E-state index contributed by atoms with van der Waals surface area (Å²) in [6.45, 7) is 5.25. The number of benzene rings is 4. The van der Waals surface area contributed by atoms with E-state index in [0.29, 0.717) is 38.5 Å². The van der Waals surface area contributed by atoms with Gasteiger partial charge >= 0.3 is 18.0 Å². The van der Waals surface area contributed by atoms with Crippen molar-refractivity contribution in [3.8, 4) is 11.1 Å². The smallest absolute Gasteiger partial charge is 0.327 e. The number of nitrogens with one attached hydrogen (secondary N) is 3. The fourth-order valence-corrected chi connectivity index (χ4v) is 6.88. The molecule has 0 aliphatic heterocycles. The predicted molar refractivity (Wildman–Crippen MR) is 170 cm³/mol. The lowest BCUT2D eigenvalue weighted by atomic mass is 10.0. The first-order chi connectivity index (χ1) is 20.9. The van der Waals surface area contributed by atoms with Crippen LogP contribution in [-0.2, 0) is 21.2 Å². The summed E-state index contributed by atoms with van der Waals surface area (Å²) in [5, 5.41) is 15.6. The van der Waals surface area contributed by atoms with Crippen LogP contribution < -0.4 is 15.4 Å². The normalized spacial score (nSPS) is 12.2. The Labute approximate surface area is 259 Å². The average molecular weight is 633 g/mol. The van der Waals surface area contributed by atoms with Crippen LogP contribution in [-0.4, -0.2) is 36.6 Å². The molecule has 0 fully saturated rings. The van der Waals surface area contributed by atoms with E-state index in [1.807, 2.05) is 13.0 Å². The monoisotopic (exact) mass is 632 g/mol. The number of anilines is 2. The Kier molecular flexibility index (Phi) is 8.73. The quantitative estimate of drug-likeness (QED) is 0.141. The third-order valence-electron chi connectivity index (χ3n) is 6.89. The maximum Gasteiger partial charge on any atom is 0.327 e. The molecule has 1 atom stereocenters. The Bertz CT molecular complexity index is 1970. The Morgan fingerprint density at radius 2 is 1.61 bits per heavy atom. The highest BCUT2D eigenvalue weighted by Gasteiger charge is 2.28. The molecule has 0 spiro atoms. The Hall–Kier alpha value is -4.71. The van der Waals surface area contributed by atoms with Gasteiger partial charge in [0.15, 0.2) is 5.58 Å². The highest BCUT2D eigenvalue weighted by atomic mass is 35.5. The van der Waals surface area contributed by atoms with Crippen molar-refractivity contribution in [1.82, 2.24) is 9.71 Å². The number of sulfonamides is 1.